The number of ether oxygens (including phenoxy) is 1. The summed E-state index contributed by atoms with van der Waals surface area (Å²) >= 11 is 0. The number of imidazole rings is 1. The molecule has 0 saturated carbocycles. The minimum atomic E-state index is -0.498. The summed E-state index contributed by atoms with van der Waals surface area (Å²) in [5.74, 6) is 0.841. The Balaban J connectivity index is 0.00000151. The van der Waals surface area contributed by atoms with Gasteiger partial charge in [0.15, 0.2) is 0 Å². The third-order valence-corrected chi connectivity index (χ3v) is 3.53. The first kappa shape index (κ1) is 20.7. The number of allylic oxidation sites excluding steroid dienone is 3. The molecule has 0 saturated heterocycles. The maximum absolute atomic E-state index is 12.2. The van der Waals surface area contributed by atoms with Gasteiger partial charge in [-0.1, -0.05) is 39.2 Å². The molecule has 1 amide bonds. The normalized spacial score (nSPS) is 13.8. The van der Waals surface area contributed by atoms with Gasteiger partial charge >= 0.3 is 6.09 Å². The van der Waals surface area contributed by atoms with Crippen molar-refractivity contribution in [2.45, 2.75) is 60.2 Å². The smallest absolute Gasteiger partial charge is 0.410 e. The zero-order valence-electron chi connectivity index (χ0n) is 16.4. The molecule has 0 aliphatic carbocycles. The van der Waals surface area contributed by atoms with Gasteiger partial charge in [-0.15, -0.1) is 0 Å². The van der Waals surface area contributed by atoms with Crippen LogP contribution < -0.4 is 0 Å². The number of nitrogens with zero attached hydrogens (tertiary/aromatic N) is 3. The van der Waals surface area contributed by atoms with Crippen molar-refractivity contribution in [3.05, 3.63) is 42.5 Å². The van der Waals surface area contributed by atoms with E-state index < -0.39 is 5.60 Å². The van der Waals surface area contributed by atoms with E-state index in [2.05, 4.69) is 22.7 Å². The summed E-state index contributed by atoms with van der Waals surface area (Å²) < 4.78 is 7.56. The van der Waals surface area contributed by atoms with Crippen molar-refractivity contribution in [3.63, 3.8) is 0 Å². The van der Waals surface area contributed by atoms with Crippen LogP contribution in [0.15, 0.2) is 25.3 Å². The molecular weight excluding hydrogens is 314 g/mol. The number of rotatable bonds is 3. The molecule has 0 radical (unpaired) electrons. The second-order valence-corrected chi connectivity index (χ2v) is 6.54. The highest BCUT2D eigenvalue weighted by Gasteiger charge is 2.28. The van der Waals surface area contributed by atoms with Crippen molar-refractivity contribution in [3.8, 4) is 0 Å². The van der Waals surface area contributed by atoms with Crippen LogP contribution in [0.3, 0.4) is 0 Å². The summed E-state index contributed by atoms with van der Waals surface area (Å²) in [6, 6.07) is 0. The van der Waals surface area contributed by atoms with Crippen LogP contribution in [0.1, 0.15) is 58.8 Å². The van der Waals surface area contributed by atoms with Gasteiger partial charge in [-0.3, -0.25) is 4.90 Å². The second kappa shape index (κ2) is 8.70. The highest BCUT2D eigenvalue weighted by Crippen LogP contribution is 2.26. The Hall–Kier alpha value is -2.30. The molecule has 5 nitrogen and oxygen atoms in total. The van der Waals surface area contributed by atoms with E-state index in [-0.39, 0.29) is 6.09 Å². The predicted octanol–water partition coefficient (Wildman–Crippen LogP) is 4.89. The standard InChI is InChI=1S/C18H25N3O2.C2H6/c1-7-9-14-16(13(3)8-2)21-11-10-20(12-15(21)19-14)17(22)23-18(4,5)6;1-2/h7-9H,2-3,10-12H2,1,4-6H3;1-2H3/b9-7+;. The summed E-state index contributed by atoms with van der Waals surface area (Å²) in [6.07, 6.45) is 5.33. The first-order valence-corrected chi connectivity index (χ1v) is 8.78. The Morgan fingerprint density at radius 1 is 1.28 bits per heavy atom. The third kappa shape index (κ3) is 5.08. The van der Waals surface area contributed by atoms with Gasteiger partial charge in [0, 0.05) is 13.1 Å². The molecule has 0 unspecified atom stereocenters. The molecule has 1 aliphatic heterocycles. The molecule has 1 aromatic rings. The van der Waals surface area contributed by atoms with Gasteiger partial charge < -0.3 is 9.30 Å². The molecule has 5 heteroatoms. The van der Waals surface area contributed by atoms with Gasteiger partial charge in [0.05, 0.1) is 17.9 Å². The lowest BCUT2D eigenvalue weighted by molar-refractivity contribution is 0.0195. The Morgan fingerprint density at radius 2 is 1.92 bits per heavy atom. The molecule has 2 rings (SSSR count). The number of fused-ring (bicyclic) bond motifs is 1. The van der Waals surface area contributed by atoms with Gasteiger partial charge in [0.2, 0.25) is 0 Å². The fraction of sp³-hybridized carbons (Fsp3) is 0.500. The molecule has 138 valence electrons. The minimum Gasteiger partial charge on any atom is -0.444 e. The van der Waals surface area contributed by atoms with Crippen LogP contribution in [0, 0.1) is 0 Å². The largest absolute Gasteiger partial charge is 0.444 e. The molecule has 0 N–H and O–H groups in total. The minimum absolute atomic E-state index is 0.302. The monoisotopic (exact) mass is 345 g/mol. The highest BCUT2D eigenvalue weighted by atomic mass is 16.6. The molecule has 0 spiro atoms. The summed E-state index contributed by atoms with van der Waals surface area (Å²) in [7, 11) is 0. The number of aromatic nitrogens is 2. The van der Waals surface area contributed by atoms with E-state index >= 15 is 0 Å². The van der Waals surface area contributed by atoms with Crippen molar-refractivity contribution in [2.24, 2.45) is 0 Å². The number of carbonyl (C=O) groups is 1. The van der Waals surface area contributed by atoms with Gasteiger partial charge in [0.1, 0.15) is 11.4 Å². The number of hydrogen-bond donors (Lipinski definition) is 0. The summed E-state index contributed by atoms with van der Waals surface area (Å²) in [5, 5.41) is 0. The van der Waals surface area contributed by atoms with Gasteiger partial charge in [-0.2, -0.15) is 0 Å². The first-order chi connectivity index (χ1) is 11.8. The molecule has 0 atom stereocenters. The van der Waals surface area contributed by atoms with Gasteiger partial charge in [-0.25, -0.2) is 9.78 Å². The van der Waals surface area contributed by atoms with Crippen LogP contribution in [0.4, 0.5) is 4.79 Å². The zero-order chi connectivity index (χ0) is 19.2. The summed E-state index contributed by atoms with van der Waals surface area (Å²) in [4.78, 5) is 18.6. The van der Waals surface area contributed by atoms with Crippen molar-refractivity contribution in [1.82, 2.24) is 14.5 Å². The van der Waals surface area contributed by atoms with E-state index in [1.54, 1.807) is 11.0 Å². The molecule has 0 bridgehead atoms. The molecule has 1 aliphatic rings. The van der Waals surface area contributed by atoms with E-state index in [1.165, 1.54) is 0 Å². The number of amides is 1. The maximum atomic E-state index is 12.2. The van der Waals surface area contributed by atoms with Crippen LogP contribution in [0.25, 0.3) is 11.6 Å². The zero-order valence-corrected chi connectivity index (χ0v) is 16.4. The van der Waals surface area contributed by atoms with Gasteiger partial charge in [-0.05, 0) is 39.3 Å². The molecule has 2 heterocycles. The lowest BCUT2D eigenvalue weighted by Gasteiger charge is -2.30. The third-order valence-electron chi connectivity index (χ3n) is 3.53. The molecule has 0 fully saturated rings. The van der Waals surface area contributed by atoms with Gasteiger partial charge in [0.25, 0.3) is 0 Å². The first-order valence-electron chi connectivity index (χ1n) is 8.78. The lowest BCUT2D eigenvalue weighted by Crippen LogP contribution is -2.41. The topological polar surface area (TPSA) is 47.4 Å². The number of hydrogen-bond acceptors (Lipinski definition) is 3. The Bertz CT molecular complexity index is 663. The van der Waals surface area contributed by atoms with E-state index in [0.29, 0.717) is 19.6 Å². The van der Waals surface area contributed by atoms with Crippen LogP contribution in [-0.4, -0.2) is 32.7 Å². The summed E-state index contributed by atoms with van der Waals surface area (Å²) in [5.41, 5.74) is 2.17. The van der Waals surface area contributed by atoms with Crippen LogP contribution >= 0.6 is 0 Å². The lowest BCUT2D eigenvalue weighted by atomic mass is 10.1. The molecule has 25 heavy (non-hydrogen) atoms. The van der Waals surface area contributed by atoms with E-state index in [1.807, 2.05) is 53.7 Å². The predicted molar refractivity (Wildman–Crippen MR) is 104 cm³/mol. The average molecular weight is 345 g/mol. The van der Waals surface area contributed by atoms with Crippen LogP contribution in [-0.2, 0) is 17.8 Å². The summed E-state index contributed by atoms with van der Waals surface area (Å²) in [6.45, 7) is 21.1. The van der Waals surface area contributed by atoms with Crippen molar-refractivity contribution in [2.75, 3.05) is 6.54 Å². The fourth-order valence-electron chi connectivity index (χ4n) is 2.54. The molecule has 1 aromatic heterocycles. The Labute approximate surface area is 151 Å². The molecular formula is C20H31N3O2. The average Bonchev–Trinajstić information content (AvgIpc) is 2.92. The van der Waals surface area contributed by atoms with Crippen LogP contribution in [0.5, 0.6) is 0 Å². The molecule has 0 aromatic carbocycles. The Kier molecular flexibility index (Phi) is 7.22. The van der Waals surface area contributed by atoms with E-state index in [9.17, 15) is 4.79 Å². The van der Waals surface area contributed by atoms with E-state index in [0.717, 1.165) is 22.8 Å². The maximum Gasteiger partial charge on any atom is 0.410 e. The second-order valence-electron chi connectivity index (χ2n) is 6.54. The van der Waals surface area contributed by atoms with Crippen molar-refractivity contribution >= 4 is 17.7 Å². The Morgan fingerprint density at radius 3 is 2.44 bits per heavy atom. The SMILES string of the molecule is C=CC(=C)c1c(/C=C/C)nc2n1CCN(C(=O)OC(C)(C)C)C2.CC. The fourth-order valence-corrected chi connectivity index (χ4v) is 2.54. The van der Waals surface area contributed by atoms with Crippen LogP contribution in [0.2, 0.25) is 0 Å². The highest BCUT2D eigenvalue weighted by molar-refractivity contribution is 5.76. The number of carbonyl (C=O) groups excluding carboxylic acids is 1. The van der Waals surface area contributed by atoms with E-state index in [4.69, 9.17) is 4.74 Å². The quantitative estimate of drug-likeness (QED) is 0.733. The van der Waals surface area contributed by atoms with Crippen molar-refractivity contribution in [1.29, 1.82) is 0 Å². The van der Waals surface area contributed by atoms with Crippen molar-refractivity contribution < 1.29 is 9.53 Å².